The zero-order valence-electron chi connectivity index (χ0n) is 13.3. The number of rotatable bonds is 3. The van der Waals surface area contributed by atoms with Gasteiger partial charge >= 0.3 is 0 Å². The number of carbonyl (C=O) groups is 1. The number of fused-ring (bicyclic) bond motifs is 1. The van der Waals surface area contributed by atoms with E-state index in [1.807, 2.05) is 12.1 Å². The third kappa shape index (κ3) is 2.78. The molecule has 4 rings (SSSR count). The van der Waals surface area contributed by atoms with Crippen LogP contribution in [0, 0.1) is 0 Å². The number of benzene rings is 1. The summed E-state index contributed by atoms with van der Waals surface area (Å²) in [7, 11) is 0. The van der Waals surface area contributed by atoms with Gasteiger partial charge in [0.15, 0.2) is 11.5 Å². The lowest BCUT2D eigenvalue weighted by molar-refractivity contribution is -0.132. The van der Waals surface area contributed by atoms with E-state index in [2.05, 4.69) is 11.4 Å². The molecule has 0 unspecified atom stereocenters. The molecule has 5 nitrogen and oxygen atoms in total. The molecule has 0 spiro atoms. The van der Waals surface area contributed by atoms with Gasteiger partial charge in [-0.2, -0.15) is 0 Å². The minimum Gasteiger partial charge on any atom is -0.486 e. The summed E-state index contributed by atoms with van der Waals surface area (Å²) in [6.07, 6.45) is 5.68. The average molecular weight is 317 g/mol. The summed E-state index contributed by atoms with van der Waals surface area (Å²) in [5, 5.41) is 3.30. The van der Waals surface area contributed by atoms with Gasteiger partial charge in [-0.3, -0.25) is 4.79 Å². The van der Waals surface area contributed by atoms with Crippen molar-refractivity contribution in [2.24, 2.45) is 0 Å². The van der Waals surface area contributed by atoms with Crippen LogP contribution in [0.1, 0.15) is 44.1 Å². The van der Waals surface area contributed by atoms with Gasteiger partial charge < -0.3 is 19.5 Å². The van der Waals surface area contributed by atoms with E-state index in [-0.39, 0.29) is 17.6 Å². The molecule has 23 heavy (non-hydrogen) atoms. The Labute approximate surface area is 136 Å². The third-order valence-electron chi connectivity index (χ3n) is 5.14. The summed E-state index contributed by atoms with van der Waals surface area (Å²) in [6.45, 7) is 1.86. The van der Waals surface area contributed by atoms with Crippen molar-refractivity contribution in [2.75, 3.05) is 19.8 Å². The molecule has 1 aromatic rings. The Morgan fingerprint density at radius 2 is 1.83 bits per heavy atom. The summed E-state index contributed by atoms with van der Waals surface area (Å²) >= 11 is 0. The number of hydrogen-bond acceptors (Lipinski definition) is 4. The zero-order valence-corrected chi connectivity index (χ0v) is 13.3. The first-order chi connectivity index (χ1) is 11.3. The van der Waals surface area contributed by atoms with Crippen LogP contribution < -0.4 is 14.8 Å². The number of hydrogen-bond donors (Lipinski definition) is 1. The van der Waals surface area contributed by atoms with Crippen LogP contribution in [-0.4, -0.2) is 31.8 Å². The van der Waals surface area contributed by atoms with E-state index >= 15 is 0 Å². The summed E-state index contributed by atoms with van der Waals surface area (Å²) in [5.74, 6) is 1.60. The highest BCUT2D eigenvalue weighted by Gasteiger charge is 2.39. The van der Waals surface area contributed by atoms with Crippen LogP contribution in [0.4, 0.5) is 0 Å². The highest BCUT2D eigenvalue weighted by atomic mass is 16.6. The number of nitrogens with one attached hydrogen (secondary N) is 1. The maximum Gasteiger partial charge on any atom is 0.249 e. The number of amides is 1. The van der Waals surface area contributed by atoms with Crippen molar-refractivity contribution >= 4 is 5.91 Å². The van der Waals surface area contributed by atoms with Gasteiger partial charge in [-0.1, -0.05) is 18.9 Å². The molecule has 1 N–H and O–H groups in total. The molecule has 3 aliphatic rings. The van der Waals surface area contributed by atoms with Gasteiger partial charge in [0.25, 0.3) is 0 Å². The van der Waals surface area contributed by atoms with E-state index in [0.717, 1.165) is 55.6 Å². The quantitative estimate of drug-likeness (QED) is 0.931. The van der Waals surface area contributed by atoms with Crippen molar-refractivity contribution in [1.82, 2.24) is 5.32 Å². The molecule has 2 fully saturated rings. The van der Waals surface area contributed by atoms with E-state index in [4.69, 9.17) is 14.2 Å². The normalized spacial score (nSPS) is 25.3. The lowest BCUT2D eigenvalue weighted by Crippen LogP contribution is -2.48. The number of carbonyl (C=O) groups excluding carboxylic acids is 1. The van der Waals surface area contributed by atoms with Crippen molar-refractivity contribution in [3.05, 3.63) is 23.8 Å². The molecule has 2 heterocycles. The first-order valence-electron chi connectivity index (χ1n) is 8.61. The molecule has 0 bridgehead atoms. The SMILES string of the molecule is O=C(NC1(c2ccc3c(c2)OCCO3)CCCC1)[C@H]1CCCO1. The molecule has 5 heteroatoms. The van der Waals surface area contributed by atoms with Crippen LogP contribution in [0.2, 0.25) is 0 Å². The summed E-state index contributed by atoms with van der Waals surface area (Å²) < 4.78 is 16.9. The van der Waals surface area contributed by atoms with Gasteiger partial charge in [0, 0.05) is 6.61 Å². The monoisotopic (exact) mass is 317 g/mol. The van der Waals surface area contributed by atoms with Crippen molar-refractivity contribution in [3.8, 4) is 11.5 Å². The van der Waals surface area contributed by atoms with E-state index in [1.165, 1.54) is 0 Å². The lowest BCUT2D eigenvalue weighted by Gasteiger charge is -2.33. The van der Waals surface area contributed by atoms with Crippen LogP contribution in [0.25, 0.3) is 0 Å². The van der Waals surface area contributed by atoms with Gasteiger partial charge in [0.05, 0.1) is 5.54 Å². The second-order valence-corrected chi connectivity index (χ2v) is 6.64. The van der Waals surface area contributed by atoms with Crippen LogP contribution in [0.5, 0.6) is 11.5 Å². The largest absolute Gasteiger partial charge is 0.486 e. The molecular weight excluding hydrogens is 294 g/mol. The fourth-order valence-electron chi connectivity index (χ4n) is 3.91. The minimum atomic E-state index is -0.293. The Kier molecular flexibility index (Phi) is 3.89. The van der Waals surface area contributed by atoms with Crippen molar-refractivity contribution in [3.63, 3.8) is 0 Å². The van der Waals surface area contributed by atoms with Crippen LogP contribution in [0.15, 0.2) is 18.2 Å². The zero-order chi connectivity index (χ0) is 15.7. The Hall–Kier alpha value is -1.75. The Morgan fingerprint density at radius 1 is 1.04 bits per heavy atom. The fourth-order valence-corrected chi connectivity index (χ4v) is 3.91. The smallest absolute Gasteiger partial charge is 0.249 e. The van der Waals surface area contributed by atoms with Crippen LogP contribution >= 0.6 is 0 Å². The molecule has 1 atom stereocenters. The molecule has 124 valence electrons. The highest BCUT2D eigenvalue weighted by Crippen LogP contribution is 2.42. The van der Waals surface area contributed by atoms with Crippen LogP contribution in [0.3, 0.4) is 0 Å². The molecule has 2 aliphatic heterocycles. The molecule has 0 radical (unpaired) electrons. The van der Waals surface area contributed by atoms with Gasteiger partial charge in [0.2, 0.25) is 5.91 Å². The third-order valence-corrected chi connectivity index (χ3v) is 5.14. The second-order valence-electron chi connectivity index (χ2n) is 6.64. The van der Waals surface area contributed by atoms with Gasteiger partial charge in [-0.25, -0.2) is 0 Å². The number of ether oxygens (including phenoxy) is 3. The molecule has 1 saturated heterocycles. The Bertz CT molecular complexity index is 589. The lowest BCUT2D eigenvalue weighted by atomic mass is 9.87. The van der Waals surface area contributed by atoms with Gasteiger partial charge in [-0.05, 0) is 43.4 Å². The van der Waals surface area contributed by atoms with Crippen LogP contribution in [-0.2, 0) is 15.1 Å². The van der Waals surface area contributed by atoms with Crippen molar-refractivity contribution in [2.45, 2.75) is 50.2 Å². The standard InChI is InChI=1S/C18H23NO4/c20-17(15-4-3-9-21-15)19-18(7-1-2-8-18)13-5-6-14-16(12-13)23-11-10-22-14/h5-6,12,15H,1-4,7-11H2,(H,19,20)/t15-/m1/s1. The molecule has 1 saturated carbocycles. The van der Waals surface area contributed by atoms with E-state index in [0.29, 0.717) is 19.8 Å². The average Bonchev–Trinajstić information content (AvgIpc) is 3.27. The molecule has 0 aromatic heterocycles. The van der Waals surface area contributed by atoms with E-state index in [1.54, 1.807) is 0 Å². The summed E-state index contributed by atoms with van der Waals surface area (Å²) in [5.41, 5.74) is 0.824. The molecule has 1 amide bonds. The van der Waals surface area contributed by atoms with E-state index < -0.39 is 0 Å². The molecular formula is C18H23NO4. The first kappa shape index (κ1) is 14.8. The maximum atomic E-state index is 12.6. The molecule has 1 aromatic carbocycles. The van der Waals surface area contributed by atoms with Crippen molar-refractivity contribution in [1.29, 1.82) is 0 Å². The topological polar surface area (TPSA) is 56.8 Å². The summed E-state index contributed by atoms with van der Waals surface area (Å²) in [4.78, 5) is 12.6. The van der Waals surface area contributed by atoms with Gasteiger partial charge in [0.1, 0.15) is 19.3 Å². The molecule has 1 aliphatic carbocycles. The van der Waals surface area contributed by atoms with E-state index in [9.17, 15) is 4.79 Å². The Morgan fingerprint density at radius 3 is 2.57 bits per heavy atom. The second kappa shape index (κ2) is 6.04. The maximum absolute atomic E-state index is 12.6. The summed E-state index contributed by atoms with van der Waals surface area (Å²) in [6, 6.07) is 6.06. The predicted octanol–water partition coefficient (Wildman–Crippen LogP) is 2.52. The minimum absolute atomic E-state index is 0.0271. The first-order valence-corrected chi connectivity index (χ1v) is 8.61. The highest BCUT2D eigenvalue weighted by molar-refractivity contribution is 5.82. The van der Waals surface area contributed by atoms with Gasteiger partial charge in [-0.15, -0.1) is 0 Å². The predicted molar refractivity (Wildman–Crippen MR) is 84.7 cm³/mol. The van der Waals surface area contributed by atoms with Crippen molar-refractivity contribution < 1.29 is 19.0 Å². The fraction of sp³-hybridized carbons (Fsp3) is 0.611. The Balaban J connectivity index is 1.60.